The number of aromatic nitrogens is 1. The van der Waals surface area contributed by atoms with Crippen molar-refractivity contribution >= 4 is 17.0 Å². The molecule has 0 saturated carbocycles. The lowest BCUT2D eigenvalue weighted by atomic mass is 10.1. The quantitative estimate of drug-likeness (QED) is 0.784. The third kappa shape index (κ3) is 3.11. The Labute approximate surface area is 133 Å². The number of nitrogens with one attached hydrogen (secondary N) is 1. The van der Waals surface area contributed by atoms with Crippen molar-refractivity contribution in [3.05, 3.63) is 53.9 Å². The molecule has 0 atom stereocenters. The number of methoxy groups -OCH3 is 2. The SMILES string of the molecule is COc1ccc(CNC(=O)c2ccc3ocnc3c2)cc1OC. The fourth-order valence-corrected chi connectivity index (χ4v) is 2.27. The number of benzene rings is 2. The van der Waals surface area contributed by atoms with Crippen LogP contribution in [0.5, 0.6) is 11.5 Å². The summed E-state index contributed by atoms with van der Waals surface area (Å²) in [5.74, 6) is 1.10. The number of nitrogens with zero attached hydrogens (tertiary/aromatic N) is 1. The van der Waals surface area contributed by atoms with E-state index in [-0.39, 0.29) is 5.91 Å². The van der Waals surface area contributed by atoms with E-state index in [9.17, 15) is 4.79 Å². The van der Waals surface area contributed by atoms with Gasteiger partial charge in [0.25, 0.3) is 5.91 Å². The smallest absolute Gasteiger partial charge is 0.251 e. The van der Waals surface area contributed by atoms with Gasteiger partial charge in [-0.15, -0.1) is 0 Å². The van der Waals surface area contributed by atoms with Gasteiger partial charge in [0.05, 0.1) is 14.2 Å². The first kappa shape index (κ1) is 14.9. The highest BCUT2D eigenvalue weighted by molar-refractivity contribution is 5.97. The van der Waals surface area contributed by atoms with Crippen LogP contribution in [-0.2, 0) is 6.54 Å². The van der Waals surface area contributed by atoms with E-state index >= 15 is 0 Å². The number of fused-ring (bicyclic) bond motifs is 1. The maximum Gasteiger partial charge on any atom is 0.251 e. The highest BCUT2D eigenvalue weighted by Gasteiger charge is 2.09. The number of oxazole rings is 1. The Morgan fingerprint density at radius 1 is 1.13 bits per heavy atom. The Morgan fingerprint density at radius 2 is 1.96 bits per heavy atom. The molecule has 6 heteroatoms. The molecule has 0 saturated heterocycles. The number of carbonyl (C=O) groups is 1. The Hall–Kier alpha value is -3.02. The molecule has 1 heterocycles. The fraction of sp³-hybridized carbons (Fsp3) is 0.176. The lowest BCUT2D eigenvalue weighted by molar-refractivity contribution is 0.0951. The molecule has 118 valence electrons. The minimum atomic E-state index is -0.176. The van der Waals surface area contributed by atoms with Gasteiger partial charge in [-0.3, -0.25) is 4.79 Å². The van der Waals surface area contributed by atoms with Gasteiger partial charge in [0.15, 0.2) is 23.5 Å². The molecule has 1 amide bonds. The summed E-state index contributed by atoms with van der Waals surface area (Å²) in [6, 6.07) is 10.7. The van der Waals surface area contributed by atoms with Crippen LogP contribution in [0.3, 0.4) is 0 Å². The van der Waals surface area contributed by atoms with Crippen molar-refractivity contribution in [2.24, 2.45) is 0 Å². The highest BCUT2D eigenvalue weighted by atomic mass is 16.5. The minimum absolute atomic E-state index is 0.176. The molecule has 0 fully saturated rings. The zero-order valence-corrected chi connectivity index (χ0v) is 12.8. The summed E-state index contributed by atoms with van der Waals surface area (Å²) in [5, 5.41) is 2.87. The molecule has 0 aliphatic rings. The van der Waals surface area contributed by atoms with E-state index in [1.165, 1.54) is 6.39 Å². The standard InChI is InChI=1S/C17H16N2O4/c1-21-15-5-3-11(7-16(15)22-2)9-18-17(20)12-4-6-14-13(8-12)19-10-23-14/h3-8,10H,9H2,1-2H3,(H,18,20). The number of ether oxygens (including phenoxy) is 2. The summed E-state index contributed by atoms with van der Waals surface area (Å²) in [5.41, 5.74) is 2.76. The van der Waals surface area contributed by atoms with E-state index in [1.54, 1.807) is 32.4 Å². The molecule has 0 aliphatic carbocycles. The second-order valence-corrected chi connectivity index (χ2v) is 4.91. The van der Waals surface area contributed by atoms with Gasteiger partial charge in [-0.2, -0.15) is 0 Å². The third-order valence-electron chi connectivity index (χ3n) is 3.49. The van der Waals surface area contributed by atoms with Crippen LogP contribution in [0.2, 0.25) is 0 Å². The summed E-state index contributed by atoms with van der Waals surface area (Å²) < 4.78 is 15.6. The van der Waals surface area contributed by atoms with Gasteiger partial charge in [0.1, 0.15) is 5.52 Å². The Balaban J connectivity index is 1.71. The molecule has 1 N–H and O–H groups in total. The van der Waals surface area contributed by atoms with Crippen molar-refractivity contribution in [1.29, 1.82) is 0 Å². The first-order chi connectivity index (χ1) is 11.2. The zero-order chi connectivity index (χ0) is 16.2. The molecule has 6 nitrogen and oxygen atoms in total. The lowest BCUT2D eigenvalue weighted by Crippen LogP contribution is -2.22. The Morgan fingerprint density at radius 3 is 2.74 bits per heavy atom. The van der Waals surface area contributed by atoms with Crippen molar-refractivity contribution < 1.29 is 18.7 Å². The first-order valence-electron chi connectivity index (χ1n) is 7.03. The van der Waals surface area contributed by atoms with E-state index in [4.69, 9.17) is 13.9 Å². The van der Waals surface area contributed by atoms with Crippen LogP contribution in [0.1, 0.15) is 15.9 Å². The summed E-state index contributed by atoms with van der Waals surface area (Å²) in [6.45, 7) is 0.385. The van der Waals surface area contributed by atoms with E-state index in [0.29, 0.717) is 34.7 Å². The third-order valence-corrected chi connectivity index (χ3v) is 3.49. The minimum Gasteiger partial charge on any atom is -0.493 e. The summed E-state index contributed by atoms with van der Waals surface area (Å²) in [4.78, 5) is 16.3. The topological polar surface area (TPSA) is 73.6 Å². The predicted octanol–water partition coefficient (Wildman–Crippen LogP) is 2.78. The zero-order valence-electron chi connectivity index (χ0n) is 12.8. The van der Waals surface area contributed by atoms with Crippen LogP contribution in [0.15, 0.2) is 47.2 Å². The van der Waals surface area contributed by atoms with Gasteiger partial charge in [-0.25, -0.2) is 4.98 Å². The van der Waals surface area contributed by atoms with Gasteiger partial charge >= 0.3 is 0 Å². The monoisotopic (exact) mass is 312 g/mol. The average Bonchev–Trinajstić information content (AvgIpc) is 3.06. The van der Waals surface area contributed by atoms with Crippen LogP contribution >= 0.6 is 0 Å². The molecular weight excluding hydrogens is 296 g/mol. The maximum absolute atomic E-state index is 12.2. The second kappa shape index (κ2) is 6.39. The molecule has 1 aromatic heterocycles. The van der Waals surface area contributed by atoms with Crippen molar-refractivity contribution in [3.8, 4) is 11.5 Å². The lowest BCUT2D eigenvalue weighted by Gasteiger charge is -2.10. The molecule has 3 rings (SSSR count). The molecule has 0 bridgehead atoms. The van der Waals surface area contributed by atoms with E-state index < -0.39 is 0 Å². The van der Waals surface area contributed by atoms with Crippen LogP contribution in [-0.4, -0.2) is 25.1 Å². The van der Waals surface area contributed by atoms with Gasteiger partial charge in [-0.1, -0.05) is 6.07 Å². The normalized spacial score (nSPS) is 10.5. The van der Waals surface area contributed by atoms with Crippen LogP contribution in [0.4, 0.5) is 0 Å². The first-order valence-corrected chi connectivity index (χ1v) is 7.03. The molecule has 0 unspecified atom stereocenters. The van der Waals surface area contributed by atoms with E-state index in [2.05, 4.69) is 10.3 Å². The van der Waals surface area contributed by atoms with E-state index in [1.807, 2.05) is 18.2 Å². The molecule has 3 aromatic rings. The largest absolute Gasteiger partial charge is 0.493 e. The molecule has 0 radical (unpaired) electrons. The predicted molar refractivity (Wildman–Crippen MR) is 84.7 cm³/mol. The molecule has 2 aromatic carbocycles. The Kier molecular flexibility index (Phi) is 4.14. The fourth-order valence-electron chi connectivity index (χ4n) is 2.27. The van der Waals surface area contributed by atoms with Crippen molar-refractivity contribution in [1.82, 2.24) is 10.3 Å². The summed E-state index contributed by atoms with van der Waals surface area (Å²) in [6.07, 6.45) is 1.36. The van der Waals surface area contributed by atoms with Gasteiger partial charge < -0.3 is 19.2 Å². The number of amides is 1. The van der Waals surface area contributed by atoms with Gasteiger partial charge in [-0.05, 0) is 35.9 Å². The molecular formula is C17H16N2O4. The van der Waals surface area contributed by atoms with Gasteiger partial charge in [0.2, 0.25) is 0 Å². The molecule has 0 aliphatic heterocycles. The van der Waals surface area contributed by atoms with Crippen molar-refractivity contribution in [3.63, 3.8) is 0 Å². The Bertz CT molecular complexity index is 841. The van der Waals surface area contributed by atoms with Crippen LogP contribution in [0, 0.1) is 0 Å². The molecule has 0 spiro atoms. The summed E-state index contributed by atoms with van der Waals surface area (Å²) >= 11 is 0. The number of hydrogen-bond donors (Lipinski definition) is 1. The number of hydrogen-bond acceptors (Lipinski definition) is 5. The number of rotatable bonds is 5. The van der Waals surface area contributed by atoms with E-state index in [0.717, 1.165) is 5.56 Å². The van der Waals surface area contributed by atoms with Crippen LogP contribution < -0.4 is 14.8 Å². The van der Waals surface area contributed by atoms with Gasteiger partial charge in [0, 0.05) is 12.1 Å². The maximum atomic E-state index is 12.2. The van der Waals surface area contributed by atoms with Crippen molar-refractivity contribution in [2.45, 2.75) is 6.54 Å². The van der Waals surface area contributed by atoms with Crippen molar-refractivity contribution in [2.75, 3.05) is 14.2 Å². The highest BCUT2D eigenvalue weighted by Crippen LogP contribution is 2.27. The summed E-state index contributed by atoms with van der Waals surface area (Å²) in [7, 11) is 3.16. The van der Waals surface area contributed by atoms with Crippen LogP contribution in [0.25, 0.3) is 11.1 Å². The second-order valence-electron chi connectivity index (χ2n) is 4.91. The molecule has 23 heavy (non-hydrogen) atoms. The number of carbonyl (C=O) groups excluding carboxylic acids is 1. The average molecular weight is 312 g/mol.